The highest BCUT2D eigenvalue weighted by molar-refractivity contribution is 7.13. The van der Waals surface area contributed by atoms with Gasteiger partial charge in [0.15, 0.2) is 0 Å². The van der Waals surface area contributed by atoms with Gasteiger partial charge in [0.1, 0.15) is 23.1 Å². The molecular weight excluding hydrogens is 351 g/mol. The fourth-order valence-electron chi connectivity index (χ4n) is 2.49. The topological polar surface area (TPSA) is 52.1 Å². The Hall–Kier alpha value is -3.12. The largest absolute Gasteiger partial charge is 0.454 e. The van der Waals surface area contributed by atoms with Crippen LogP contribution in [0.5, 0.6) is 0 Å². The maximum absolute atomic E-state index is 13.0. The molecule has 0 spiro atoms. The highest BCUT2D eigenvalue weighted by Gasteiger charge is 2.12. The third kappa shape index (κ3) is 3.45. The average molecular weight is 364 g/mol. The summed E-state index contributed by atoms with van der Waals surface area (Å²) < 4.78 is 18.3. The summed E-state index contributed by atoms with van der Waals surface area (Å²) in [5.41, 5.74) is 2.47. The first-order chi connectivity index (χ1) is 12.7. The smallest absolute Gasteiger partial charge is 0.357 e. The zero-order chi connectivity index (χ0) is 17.9. The summed E-state index contributed by atoms with van der Waals surface area (Å²) in [6.45, 7) is 0.0606. The fourth-order valence-corrected chi connectivity index (χ4v) is 3.30. The minimum absolute atomic E-state index is 0.0606. The van der Waals surface area contributed by atoms with E-state index in [0.717, 1.165) is 21.5 Å². The molecule has 6 heteroatoms. The molecule has 2 heterocycles. The van der Waals surface area contributed by atoms with Crippen LogP contribution in [0.1, 0.15) is 16.2 Å². The van der Waals surface area contributed by atoms with Gasteiger partial charge < -0.3 is 4.74 Å². The van der Waals surface area contributed by atoms with Crippen molar-refractivity contribution in [2.24, 2.45) is 0 Å². The molecule has 26 heavy (non-hydrogen) atoms. The first-order valence-electron chi connectivity index (χ1n) is 7.92. The molecule has 0 saturated carbocycles. The van der Waals surface area contributed by atoms with Crippen molar-refractivity contribution in [3.63, 3.8) is 0 Å². The first kappa shape index (κ1) is 16.4. The molecule has 0 amide bonds. The van der Waals surface area contributed by atoms with E-state index in [0.29, 0.717) is 5.69 Å². The minimum Gasteiger partial charge on any atom is -0.454 e. The number of halogens is 1. The van der Waals surface area contributed by atoms with Crippen LogP contribution in [-0.2, 0) is 11.3 Å². The summed E-state index contributed by atoms with van der Waals surface area (Å²) >= 11 is 1.42. The minimum atomic E-state index is -0.493. The molecule has 128 valence electrons. The molecule has 0 radical (unpaired) electrons. The number of hydrogen-bond donors (Lipinski definition) is 0. The average Bonchev–Trinajstić information content (AvgIpc) is 3.15. The predicted molar refractivity (Wildman–Crippen MR) is 98.4 cm³/mol. The van der Waals surface area contributed by atoms with E-state index in [9.17, 15) is 9.18 Å². The third-order valence-corrected chi connectivity index (χ3v) is 4.74. The normalized spacial score (nSPS) is 10.8. The van der Waals surface area contributed by atoms with Gasteiger partial charge in [-0.15, -0.1) is 11.3 Å². The molecule has 0 fully saturated rings. The highest BCUT2D eigenvalue weighted by Crippen LogP contribution is 2.24. The number of carbonyl (C=O) groups is 1. The lowest BCUT2D eigenvalue weighted by atomic mass is 10.2. The molecule has 0 N–H and O–H groups in total. The number of benzene rings is 2. The van der Waals surface area contributed by atoms with Gasteiger partial charge in [0.25, 0.3) is 0 Å². The van der Waals surface area contributed by atoms with Gasteiger partial charge in [-0.3, -0.25) is 0 Å². The fraction of sp³-hybridized carbons (Fsp3) is 0.0500. The number of esters is 1. The van der Waals surface area contributed by atoms with Crippen LogP contribution in [-0.4, -0.2) is 15.9 Å². The van der Waals surface area contributed by atoms with Crippen LogP contribution >= 0.6 is 11.3 Å². The van der Waals surface area contributed by atoms with E-state index in [1.165, 1.54) is 23.5 Å². The van der Waals surface area contributed by atoms with Crippen LogP contribution in [0, 0.1) is 5.82 Å². The number of fused-ring (bicyclic) bond motifs is 1. The summed E-state index contributed by atoms with van der Waals surface area (Å²) in [6, 6.07) is 17.2. The van der Waals surface area contributed by atoms with E-state index in [4.69, 9.17) is 4.74 Å². The molecule has 0 unspecified atom stereocenters. The molecule has 2 aromatic carbocycles. The molecule has 4 nitrogen and oxygen atoms in total. The Morgan fingerprint density at radius 1 is 1.00 bits per heavy atom. The molecule has 0 bridgehead atoms. The summed E-state index contributed by atoms with van der Waals surface area (Å²) in [7, 11) is 0. The van der Waals surface area contributed by atoms with Crippen LogP contribution in [0.3, 0.4) is 0 Å². The second kappa shape index (κ2) is 7.01. The molecule has 0 aliphatic heterocycles. The molecule has 2 aromatic heterocycles. The summed E-state index contributed by atoms with van der Waals surface area (Å²) in [6.07, 6.45) is 0. The zero-order valence-corrected chi connectivity index (χ0v) is 14.4. The maximum atomic E-state index is 13.0. The Bertz CT molecular complexity index is 1080. The zero-order valence-electron chi connectivity index (χ0n) is 13.6. The number of carbonyl (C=O) groups excluding carboxylic acids is 1. The van der Waals surface area contributed by atoms with Crippen molar-refractivity contribution in [3.8, 4) is 10.6 Å². The van der Waals surface area contributed by atoms with Crippen LogP contribution in [0.4, 0.5) is 4.39 Å². The van der Waals surface area contributed by atoms with Gasteiger partial charge in [-0.25, -0.2) is 19.2 Å². The summed E-state index contributed by atoms with van der Waals surface area (Å²) in [5.74, 6) is -0.783. The van der Waals surface area contributed by atoms with Crippen molar-refractivity contribution < 1.29 is 13.9 Å². The van der Waals surface area contributed by atoms with Crippen molar-refractivity contribution in [1.82, 2.24) is 9.97 Å². The van der Waals surface area contributed by atoms with Gasteiger partial charge in [-0.2, -0.15) is 0 Å². The predicted octanol–water partition coefficient (Wildman–Crippen LogP) is 4.85. The quantitative estimate of drug-likeness (QED) is 0.486. The summed E-state index contributed by atoms with van der Waals surface area (Å²) in [4.78, 5) is 21.0. The number of rotatable bonds is 4. The van der Waals surface area contributed by atoms with E-state index in [-0.39, 0.29) is 18.1 Å². The van der Waals surface area contributed by atoms with Crippen LogP contribution in [0.15, 0.2) is 66.0 Å². The van der Waals surface area contributed by atoms with Gasteiger partial charge >= 0.3 is 5.97 Å². The van der Waals surface area contributed by atoms with Gasteiger partial charge in [0, 0.05) is 16.3 Å². The van der Waals surface area contributed by atoms with Gasteiger partial charge in [-0.1, -0.05) is 24.3 Å². The molecule has 0 aliphatic rings. The first-order valence-corrected chi connectivity index (χ1v) is 8.80. The van der Waals surface area contributed by atoms with Gasteiger partial charge in [0.05, 0.1) is 11.2 Å². The Labute approximate surface area is 152 Å². The number of para-hydroxylation sites is 1. The molecule has 0 saturated heterocycles. The van der Waals surface area contributed by atoms with Gasteiger partial charge in [0.2, 0.25) is 0 Å². The van der Waals surface area contributed by atoms with E-state index in [1.807, 2.05) is 35.7 Å². The SMILES string of the molecule is O=C(OCc1csc(-c2ccc(F)cc2)n1)c1ccc2ccccc2n1. The highest BCUT2D eigenvalue weighted by atomic mass is 32.1. The standard InChI is InChI=1S/C20H13FN2O2S/c21-15-8-5-14(6-9-15)19-22-16(12-26-19)11-25-20(24)18-10-7-13-3-1-2-4-17(13)23-18/h1-10,12H,11H2. The lowest BCUT2D eigenvalue weighted by molar-refractivity contribution is 0.0462. The van der Waals surface area contributed by atoms with E-state index >= 15 is 0 Å². The van der Waals surface area contributed by atoms with Crippen LogP contribution < -0.4 is 0 Å². The molecule has 0 atom stereocenters. The number of nitrogens with zero attached hydrogens (tertiary/aromatic N) is 2. The van der Waals surface area contributed by atoms with Crippen molar-refractivity contribution in [3.05, 3.63) is 83.2 Å². The number of hydrogen-bond acceptors (Lipinski definition) is 5. The second-order valence-electron chi connectivity index (χ2n) is 5.62. The number of ether oxygens (including phenoxy) is 1. The molecule has 0 aliphatic carbocycles. The van der Waals surface area contributed by atoms with Crippen molar-refractivity contribution in [1.29, 1.82) is 0 Å². The van der Waals surface area contributed by atoms with Crippen LogP contribution in [0.2, 0.25) is 0 Å². The van der Waals surface area contributed by atoms with E-state index in [1.54, 1.807) is 18.2 Å². The lowest BCUT2D eigenvalue weighted by Gasteiger charge is -2.03. The molecule has 4 aromatic rings. The monoisotopic (exact) mass is 364 g/mol. The Kier molecular flexibility index (Phi) is 4.41. The molecule has 4 rings (SSSR count). The number of aromatic nitrogens is 2. The maximum Gasteiger partial charge on any atom is 0.357 e. The lowest BCUT2D eigenvalue weighted by Crippen LogP contribution is -2.07. The van der Waals surface area contributed by atoms with E-state index < -0.39 is 5.97 Å². The summed E-state index contributed by atoms with van der Waals surface area (Å²) in [5, 5.41) is 3.53. The van der Waals surface area contributed by atoms with E-state index in [2.05, 4.69) is 9.97 Å². The van der Waals surface area contributed by atoms with Crippen molar-refractivity contribution >= 4 is 28.2 Å². The number of thiazole rings is 1. The Morgan fingerprint density at radius 3 is 2.65 bits per heavy atom. The Morgan fingerprint density at radius 2 is 1.81 bits per heavy atom. The van der Waals surface area contributed by atoms with Crippen molar-refractivity contribution in [2.45, 2.75) is 6.61 Å². The Balaban J connectivity index is 1.45. The third-order valence-electron chi connectivity index (χ3n) is 3.80. The molecular formula is C20H13FN2O2S. The van der Waals surface area contributed by atoms with Gasteiger partial charge in [-0.05, 0) is 36.4 Å². The van der Waals surface area contributed by atoms with Crippen molar-refractivity contribution in [2.75, 3.05) is 0 Å². The number of pyridine rings is 1. The second-order valence-corrected chi connectivity index (χ2v) is 6.47. The van der Waals surface area contributed by atoms with Crippen LogP contribution in [0.25, 0.3) is 21.5 Å².